The van der Waals surface area contributed by atoms with Crippen molar-refractivity contribution >= 4 is 11.8 Å². The molecule has 2 rings (SSSR count). The first kappa shape index (κ1) is 16.3. The highest BCUT2D eigenvalue weighted by Gasteiger charge is 2.31. The monoisotopic (exact) mass is 245 g/mol. The first-order valence-corrected chi connectivity index (χ1v) is 8.16. The summed E-state index contributed by atoms with van der Waals surface area (Å²) in [6, 6.07) is 0.919. The van der Waals surface area contributed by atoms with E-state index in [4.69, 9.17) is 0 Å². The lowest BCUT2D eigenvalue weighted by atomic mass is 9.98. The Bertz CT molecular complexity index is 148. The van der Waals surface area contributed by atoms with Crippen LogP contribution in [0.25, 0.3) is 0 Å². The zero-order valence-corrected chi connectivity index (χ0v) is 12.8. The van der Waals surface area contributed by atoms with E-state index in [9.17, 15) is 0 Å². The molecule has 1 nitrogen and oxygen atoms in total. The van der Waals surface area contributed by atoms with E-state index >= 15 is 0 Å². The molecule has 0 amide bonds. The Kier molecular flexibility index (Phi) is 10.7. The highest BCUT2D eigenvalue weighted by atomic mass is 32.2. The standard InChI is InChI=1S/C9H17NS.C3H8.C2H6/c1-10-6-2-5-9-8(10)4-3-7-11-9;1-3-2;1-2/h8-9H,2-7H2,1H3;3H2,1-2H3;1-2H3. The molecule has 2 aliphatic rings. The van der Waals surface area contributed by atoms with Gasteiger partial charge in [-0.1, -0.05) is 34.1 Å². The van der Waals surface area contributed by atoms with E-state index in [-0.39, 0.29) is 0 Å². The molecule has 0 N–H and O–H groups in total. The summed E-state index contributed by atoms with van der Waals surface area (Å²) in [4.78, 5) is 2.57. The van der Waals surface area contributed by atoms with E-state index in [1.165, 1.54) is 44.4 Å². The zero-order chi connectivity index (χ0) is 12.4. The fourth-order valence-electron chi connectivity index (χ4n) is 2.31. The van der Waals surface area contributed by atoms with Crippen molar-refractivity contribution < 1.29 is 0 Å². The Morgan fingerprint density at radius 3 is 2.31 bits per heavy atom. The van der Waals surface area contributed by atoms with Crippen LogP contribution in [0.1, 0.15) is 59.8 Å². The molecule has 0 aromatic carbocycles. The van der Waals surface area contributed by atoms with Crippen molar-refractivity contribution in [2.75, 3.05) is 19.3 Å². The molecule has 0 aromatic rings. The van der Waals surface area contributed by atoms with Crippen molar-refractivity contribution in [3.05, 3.63) is 0 Å². The van der Waals surface area contributed by atoms with Crippen molar-refractivity contribution in [2.24, 2.45) is 0 Å². The molecule has 0 aromatic heterocycles. The van der Waals surface area contributed by atoms with Crippen LogP contribution in [-0.2, 0) is 0 Å². The molecule has 2 atom stereocenters. The van der Waals surface area contributed by atoms with E-state index in [2.05, 4.69) is 37.6 Å². The van der Waals surface area contributed by atoms with Crippen molar-refractivity contribution in [1.29, 1.82) is 0 Å². The predicted molar refractivity (Wildman–Crippen MR) is 78.4 cm³/mol. The van der Waals surface area contributed by atoms with Gasteiger partial charge in [-0.05, 0) is 45.0 Å². The Labute approximate surface area is 107 Å². The average Bonchev–Trinajstić information content (AvgIpc) is 2.33. The SMILES string of the molecule is CC.CCC.CN1CCCC2SCCCC21. The van der Waals surface area contributed by atoms with Gasteiger partial charge in [0.15, 0.2) is 0 Å². The average molecular weight is 245 g/mol. The normalized spacial score (nSPS) is 29.1. The quantitative estimate of drug-likeness (QED) is 0.621. The van der Waals surface area contributed by atoms with Gasteiger partial charge < -0.3 is 4.90 Å². The highest BCUT2D eigenvalue weighted by molar-refractivity contribution is 8.00. The molecule has 2 fully saturated rings. The lowest BCUT2D eigenvalue weighted by molar-refractivity contribution is 0.178. The van der Waals surface area contributed by atoms with Crippen molar-refractivity contribution in [1.82, 2.24) is 4.90 Å². The molecule has 0 saturated carbocycles. The molecule has 0 bridgehead atoms. The molecule has 2 saturated heterocycles. The fourth-order valence-corrected chi connectivity index (χ4v) is 3.85. The van der Waals surface area contributed by atoms with Gasteiger partial charge >= 0.3 is 0 Å². The Hall–Kier alpha value is 0.310. The molecule has 0 radical (unpaired) electrons. The number of nitrogens with zero attached hydrogens (tertiary/aromatic N) is 1. The smallest absolute Gasteiger partial charge is 0.0211 e. The third-order valence-corrected chi connectivity index (χ3v) is 4.47. The molecule has 2 heteroatoms. The second-order valence-corrected chi connectivity index (χ2v) is 5.80. The summed E-state index contributed by atoms with van der Waals surface area (Å²) >= 11 is 2.21. The number of piperidine rings is 1. The van der Waals surface area contributed by atoms with Crippen LogP contribution >= 0.6 is 11.8 Å². The minimum Gasteiger partial charge on any atom is -0.302 e. The first-order chi connectivity index (χ1) is 7.79. The van der Waals surface area contributed by atoms with Crippen LogP contribution in [0.3, 0.4) is 0 Å². The Morgan fingerprint density at radius 2 is 1.75 bits per heavy atom. The van der Waals surface area contributed by atoms with E-state index in [1.54, 1.807) is 0 Å². The fraction of sp³-hybridized carbons (Fsp3) is 1.00. The second-order valence-electron chi connectivity index (χ2n) is 4.45. The summed E-state index contributed by atoms with van der Waals surface area (Å²) in [6.07, 6.45) is 7.04. The van der Waals surface area contributed by atoms with Crippen LogP contribution < -0.4 is 0 Å². The molecule has 2 heterocycles. The number of hydrogen-bond donors (Lipinski definition) is 0. The van der Waals surface area contributed by atoms with E-state index in [0.29, 0.717) is 0 Å². The van der Waals surface area contributed by atoms with E-state index in [1.807, 2.05) is 13.8 Å². The van der Waals surface area contributed by atoms with Gasteiger partial charge in [-0.15, -0.1) is 0 Å². The maximum absolute atomic E-state index is 2.57. The molecule has 16 heavy (non-hydrogen) atoms. The van der Waals surface area contributed by atoms with Crippen LogP contribution in [0.4, 0.5) is 0 Å². The summed E-state index contributed by atoms with van der Waals surface area (Å²) in [5.74, 6) is 1.41. The van der Waals surface area contributed by atoms with Gasteiger partial charge in [-0.3, -0.25) is 0 Å². The number of hydrogen-bond acceptors (Lipinski definition) is 2. The highest BCUT2D eigenvalue weighted by Crippen LogP contribution is 2.34. The molecule has 2 aliphatic heterocycles. The van der Waals surface area contributed by atoms with Gasteiger partial charge in [0.2, 0.25) is 0 Å². The van der Waals surface area contributed by atoms with Crippen LogP contribution in [0.2, 0.25) is 0 Å². The molecule has 98 valence electrons. The summed E-state index contributed by atoms with van der Waals surface area (Å²) in [6.45, 7) is 9.59. The Morgan fingerprint density at radius 1 is 1.12 bits per heavy atom. The molecular weight excluding hydrogens is 214 g/mol. The molecule has 0 aliphatic carbocycles. The van der Waals surface area contributed by atoms with Crippen molar-refractivity contribution in [3.63, 3.8) is 0 Å². The number of fused-ring (bicyclic) bond motifs is 1. The second kappa shape index (κ2) is 10.5. The van der Waals surface area contributed by atoms with Gasteiger partial charge in [0.05, 0.1) is 0 Å². The number of likely N-dealkylation sites (tertiary alicyclic amines) is 1. The largest absolute Gasteiger partial charge is 0.302 e. The lowest BCUT2D eigenvalue weighted by Crippen LogP contribution is -2.46. The Balaban J connectivity index is 0.000000394. The van der Waals surface area contributed by atoms with Gasteiger partial charge in [-0.25, -0.2) is 0 Å². The van der Waals surface area contributed by atoms with Gasteiger partial charge in [0.25, 0.3) is 0 Å². The summed E-state index contributed by atoms with van der Waals surface area (Å²) in [5, 5.41) is 0.975. The zero-order valence-electron chi connectivity index (χ0n) is 12.0. The summed E-state index contributed by atoms with van der Waals surface area (Å²) in [5.41, 5.74) is 0. The molecular formula is C14H31NS. The van der Waals surface area contributed by atoms with Crippen LogP contribution in [0.5, 0.6) is 0 Å². The molecule has 2 unspecified atom stereocenters. The van der Waals surface area contributed by atoms with E-state index in [0.717, 1.165) is 11.3 Å². The van der Waals surface area contributed by atoms with Gasteiger partial charge in [-0.2, -0.15) is 11.8 Å². The van der Waals surface area contributed by atoms with Gasteiger partial charge in [0.1, 0.15) is 0 Å². The van der Waals surface area contributed by atoms with Crippen molar-refractivity contribution in [3.8, 4) is 0 Å². The third-order valence-electron chi connectivity index (χ3n) is 2.97. The minimum absolute atomic E-state index is 0.919. The van der Waals surface area contributed by atoms with Crippen LogP contribution in [0, 0.1) is 0 Å². The van der Waals surface area contributed by atoms with E-state index < -0.39 is 0 Å². The third kappa shape index (κ3) is 5.58. The van der Waals surface area contributed by atoms with Crippen LogP contribution in [-0.4, -0.2) is 35.5 Å². The maximum atomic E-state index is 2.57. The molecule has 0 spiro atoms. The minimum atomic E-state index is 0.919. The predicted octanol–water partition coefficient (Wildman–Crippen LogP) is 4.42. The topological polar surface area (TPSA) is 3.24 Å². The summed E-state index contributed by atoms with van der Waals surface area (Å²) < 4.78 is 0. The van der Waals surface area contributed by atoms with Crippen LogP contribution in [0.15, 0.2) is 0 Å². The van der Waals surface area contributed by atoms with Gasteiger partial charge in [0, 0.05) is 11.3 Å². The number of thioether (sulfide) groups is 1. The summed E-state index contributed by atoms with van der Waals surface area (Å²) in [7, 11) is 2.29. The first-order valence-electron chi connectivity index (χ1n) is 7.11. The maximum Gasteiger partial charge on any atom is 0.0211 e. The lowest BCUT2D eigenvalue weighted by Gasteiger charge is -2.41. The number of rotatable bonds is 0. The van der Waals surface area contributed by atoms with Crippen molar-refractivity contribution in [2.45, 2.75) is 71.1 Å².